The highest BCUT2D eigenvalue weighted by Gasteiger charge is 2.20. The Morgan fingerprint density at radius 2 is 1.88 bits per heavy atom. The topological polar surface area (TPSA) is 29.3 Å². The second-order valence-electron chi connectivity index (χ2n) is 4.49. The molecule has 0 bridgehead atoms. The smallest absolute Gasteiger partial charge is 0.0471 e. The van der Waals surface area contributed by atoms with Gasteiger partial charge < -0.3 is 5.73 Å². The zero-order chi connectivity index (χ0) is 12.1. The summed E-state index contributed by atoms with van der Waals surface area (Å²) in [5.41, 5.74) is 8.73. The fourth-order valence-electron chi connectivity index (χ4n) is 2.36. The summed E-state index contributed by atoms with van der Waals surface area (Å²) in [6.45, 7) is 5.25. The van der Waals surface area contributed by atoms with Crippen LogP contribution in [-0.4, -0.2) is 36.0 Å². The van der Waals surface area contributed by atoms with Crippen molar-refractivity contribution in [2.75, 3.05) is 31.1 Å². The normalized spacial score (nSPS) is 19.2. The van der Waals surface area contributed by atoms with E-state index in [9.17, 15) is 0 Å². The van der Waals surface area contributed by atoms with Crippen LogP contribution in [0, 0.1) is 0 Å². The third kappa shape index (κ3) is 3.24. The summed E-state index contributed by atoms with van der Waals surface area (Å²) in [4.78, 5) is 2.53. The number of nitrogens with two attached hydrogens (primary N) is 1. The Kier molecular flexibility index (Phi) is 4.89. The van der Waals surface area contributed by atoms with Gasteiger partial charge in [0.2, 0.25) is 0 Å². The minimum atomic E-state index is 0.404. The van der Waals surface area contributed by atoms with E-state index < -0.39 is 0 Å². The van der Waals surface area contributed by atoms with E-state index in [1.165, 1.54) is 35.7 Å². The van der Waals surface area contributed by atoms with Gasteiger partial charge in [-0.2, -0.15) is 11.8 Å². The maximum absolute atomic E-state index is 5.96. The molecule has 1 heterocycles. The molecule has 94 valence electrons. The van der Waals surface area contributed by atoms with Gasteiger partial charge in [-0.1, -0.05) is 31.2 Å². The number of hydrogen-bond acceptors (Lipinski definition) is 3. The van der Waals surface area contributed by atoms with Crippen molar-refractivity contribution in [3.05, 3.63) is 35.4 Å². The molecule has 17 heavy (non-hydrogen) atoms. The molecular weight excluding hydrogens is 228 g/mol. The molecule has 1 atom stereocenters. The van der Waals surface area contributed by atoms with E-state index in [2.05, 4.69) is 36.1 Å². The molecule has 2 nitrogen and oxygen atoms in total. The van der Waals surface area contributed by atoms with Crippen molar-refractivity contribution < 1.29 is 0 Å². The van der Waals surface area contributed by atoms with Crippen molar-refractivity contribution in [2.45, 2.75) is 19.4 Å². The van der Waals surface area contributed by atoms with Gasteiger partial charge in [-0.25, -0.2) is 0 Å². The Morgan fingerprint density at radius 1 is 1.24 bits per heavy atom. The fraction of sp³-hybridized carbons (Fsp3) is 0.571. The summed E-state index contributed by atoms with van der Waals surface area (Å²) in [5, 5.41) is 0. The number of rotatable bonds is 4. The van der Waals surface area contributed by atoms with E-state index in [0.29, 0.717) is 6.04 Å². The summed E-state index contributed by atoms with van der Waals surface area (Å²) in [6, 6.07) is 9.37. The molecule has 0 aliphatic carbocycles. The van der Waals surface area contributed by atoms with Gasteiger partial charge in [-0.05, 0) is 17.5 Å². The lowest BCUT2D eigenvalue weighted by molar-refractivity contribution is 0.223. The van der Waals surface area contributed by atoms with Crippen LogP contribution in [0.1, 0.15) is 24.1 Å². The van der Waals surface area contributed by atoms with Gasteiger partial charge in [-0.3, -0.25) is 4.90 Å². The van der Waals surface area contributed by atoms with E-state index in [0.717, 1.165) is 13.0 Å². The van der Waals surface area contributed by atoms with Gasteiger partial charge in [0.05, 0.1) is 0 Å². The second kappa shape index (κ2) is 6.43. The molecule has 3 heteroatoms. The maximum Gasteiger partial charge on any atom is 0.0471 e. The maximum atomic E-state index is 5.96. The largest absolute Gasteiger partial charge is 0.329 e. The van der Waals surface area contributed by atoms with Crippen molar-refractivity contribution in [1.29, 1.82) is 0 Å². The van der Waals surface area contributed by atoms with E-state index in [-0.39, 0.29) is 0 Å². The van der Waals surface area contributed by atoms with Gasteiger partial charge in [0.25, 0.3) is 0 Å². The quantitative estimate of drug-likeness (QED) is 0.889. The molecule has 1 saturated heterocycles. The van der Waals surface area contributed by atoms with E-state index in [4.69, 9.17) is 5.73 Å². The fourth-order valence-corrected chi connectivity index (χ4v) is 3.29. The van der Waals surface area contributed by atoms with Gasteiger partial charge in [-0.15, -0.1) is 0 Å². The molecule has 0 amide bonds. The Hall–Kier alpha value is -0.510. The molecule has 1 aromatic carbocycles. The molecule has 0 radical (unpaired) electrons. The summed E-state index contributed by atoms with van der Waals surface area (Å²) in [5.74, 6) is 2.48. The molecule has 1 aliphatic heterocycles. The minimum Gasteiger partial charge on any atom is -0.329 e. The van der Waals surface area contributed by atoms with E-state index in [1.807, 2.05) is 11.8 Å². The van der Waals surface area contributed by atoms with Crippen LogP contribution in [-0.2, 0) is 6.42 Å². The van der Waals surface area contributed by atoms with Crippen LogP contribution in [0.5, 0.6) is 0 Å². The standard InChI is InChI=1S/C14H22N2S/c1-2-12-3-5-13(6-4-12)14(11-15)16-7-9-17-10-8-16/h3-6,14H,2,7-11,15H2,1H3. The summed E-state index contributed by atoms with van der Waals surface area (Å²) in [7, 11) is 0. The summed E-state index contributed by atoms with van der Waals surface area (Å²) in [6.07, 6.45) is 1.11. The van der Waals surface area contributed by atoms with Gasteiger partial charge in [0.15, 0.2) is 0 Å². The lowest BCUT2D eigenvalue weighted by atomic mass is 10.0. The van der Waals surface area contributed by atoms with Gasteiger partial charge >= 0.3 is 0 Å². The van der Waals surface area contributed by atoms with Crippen LogP contribution >= 0.6 is 11.8 Å². The Labute approximate surface area is 109 Å². The minimum absolute atomic E-state index is 0.404. The van der Waals surface area contributed by atoms with Crippen LogP contribution in [0.3, 0.4) is 0 Å². The zero-order valence-corrected chi connectivity index (χ0v) is 11.4. The molecule has 0 spiro atoms. The molecule has 0 saturated carbocycles. The first-order chi connectivity index (χ1) is 8.35. The van der Waals surface area contributed by atoms with Crippen LogP contribution in [0.15, 0.2) is 24.3 Å². The molecule has 0 aromatic heterocycles. The third-order valence-corrected chi connectivity index (χ3v) is 4.42. The van der Waals surface area contributed by atoms with Crippen LogP contribution in [0.25, 0.3) is 0 Å². The average Bonchev–Trinajstić information content (AvgIpc) is 2.42. The van der Waals surface area contributed by atoms with Crippen molar-refractivity contribution in [3.63, 3.8) is 0 Å². The number of nitrogens with zero attached hydrogens (tertiary/aromatic N) is 1. The molecule has 1 aromatic rings. The Balaban J connectivity index is 2.10. The molecule has 1 unspecified atom stereocenters. The highest BCUT2D eigenvalue weighted by Crippen LogP contribution is 2.23. The van der Waals surface area contributed by atoms with Crippen molar-refractivity contribution in [3.8, 4) is 0 Å². The lowest BCUT2D eigenvalue weighted by Gasteiger charge is -2.34. The van der Waals surface area contributed by atoms with Crippen molar-refractivity contribution in [1.82, 2.24) is 4.90 Å². The Bertz CT molecular complexity index is 331. The van der Waals surface area contributed by atoms with Crippen LogP contribution in [0.2, 0.25) is 0 Å². The predicted octanol–water partition coefficient (Wildman–Crippen LogP) is 2.30. The van der Waals surface area contributed by atoms with Crippen LogP contribution < -0.4 is 5.73 Å². The first kappa shape index (κ1) is 12.9. The molecule has 2 N–H and O–H groups in total. The molecule has 2 rings (SSSR count). The Morgan fingerprint density at radius 3 is 2.41 bits per heavy atom. The number of benzene rings is 1. The number of aryl methyl sites for hydroxylation is 1. The second-order valence-corrected chi connectivity index (χ2v) is 5.72. The highest BCUT2D eigenvalue weighted by atomic mass is 32.2. The SMILES string of the molecule is CCc1ccc(C(CN)N2CCSCC2)cc1. The number of thioether (sulfide) groups is 1. The predicted molar refractivity (Wildman–Crippen MR) is 76.5 cm³/mol. The summed E-state index contributed by atoms with van der Waals surface area (Å²) < 4.78 is 0. The van der Waals surface area contributed by atoms with Crippen molar-refractivity contribution >= 4 is 11.8 Å². The highest BCUT2D eigenvalue weighted by molar-refractivity contribution is 7.99. The first-order valence-corrected chi connectivity index (χ1v) is 7.61. The molecule has 1 fully saturated rings. The van der Waals surface area contributed by atoms with Crippen LogP contribution in [0.4, 0.5) is 0 Å². The van der Waals surface area contributed by atoms with Gasteiger partial charge in [0, 0.05) is 37.2 Å². The van der Waals surface area contributed by atoms with E-state index in [1.54, 1.807) is 0 Å². The van der Waals surface area contributed by atoms with E-state index >= 15 is 0 Å². The first-order valence-electron chi connectivity index (χ1n) is 6.46. The molecule has 1 aliphatic rings. The van der Waals surface area contributed by atoms with Crippen molar-refractivity contribution in [2.24, 2.45) is 5.73 Å². The summed E-state index contributed by atoms with van der Waals surface area (Å²) >= 11 is 2.05. The third-order valence-electron chi connectivity index (χ3n) is 3.48. The number of hydrogen-bond donors (Lipinski definition) is 1. The van der Waals surface area contributed by atoms with Gasteiger partial charge in [0.1, 0.15) is 0 Å². The average molecular weight is 250 g/mol. The lowest BCUT2D eigenvalue weighted by Crippen LogP contribution is -2.39. The monoisotopic (exact) mass is 250 g/mol. The zero-order valence-electron chi connectivity index (χ0n) is 10.6. The molecular formula is C14H22N2S.